The molecular formula is C8H9N3O2. The van der Waals surface area contributed by atoms with Crippen LogP contribution in [-0.2, 0) is 0 Å². The van der Waals surface area contributed by atoms with Crippen LogP contribution >= 0.6 is 0 Å². The maximum atomic E-state index is 9.44. The van der Waals surface area contributed by atoms with Gasteiger partial charge in [0.1, 0.15) is 18.4 Å². The van der Waals surface area contributed by atoms with Crippen LogP contribution in [0.5, 0.6) is 5.75 Å². The Bertz CT molecular complexity index is 450. The molecule has 1 aromatic carbocycles. The van der Waals surface area contributed by atoms with E-state index in [1.165, 1.54) is 24.2 Å². The molecule has 2 aromatic rings. The van der Waals surface area contributed by atoms with Gasteiger partial charge in [0, 0.05) is 0 Å². The fraction of sp³-hybridized carbons (Fsp3) is 0.125. The van der Waals surface area contributed by atoms with Crippen molar-refractivity contribution in [3.05, 3.63) is 18.3 Å². The smallest absolute Gasteiger partial charge is 0.136 e. The standard InChI is InChI=1S/C8H9N3O2/c1-13-11-8-5(4-10-11)7(12)3-2-6(8)9/h2-4,12H,9H2,1H3. The van der Waals surface area contributed by atoms with Crippen LogP contribution in [0.2, 0.25) is 0 Å². The second-order valence-electron chi connectivity index (χ2n) is 2.64. The molecule has 13 heavy (non-hydrogen) atoms. The normalized spacial score (nSPS) is 10.5. The molecule has 68 valence electrons. The third-order valence-electron chi connectivity index (χ3n) is 1.88. The Hall–Kier alpha value is -1.91. The summed E-state index contributed by atoms with van der Waals surface area (Å²) in [6.07, 6.45) is 1.50. The van der Waals surface area contributed by atoms with Gasteiger partial charge in [0.15, 0.2) is 0 Å². The molecule has 0 amide bonds. The Morgan fingerprint density at radius 3 is 3.00 bits per heavy atom. The Labute approximate surface area is 74.3 Å². The minimum atomic E-state index is 0.146. The van der Waals surface area contributed by atoms with Gasteiger partial charge in [-0.2, -0.15) is 0 Å². The molecule has 1 aromatic heterocycles. The number of nitrogens with zero attached hydrogens (tertiary/aromatic N) is 2. The molecular weight excluding hydrogens is 170 g/mol. The zero-order chi connectivity index (χ0) is 9.42. The van der Waals surface area contributed by atoms with Gasteiger partial charge >= 0.3 is 0 Å². The van der Waals surface area contributed by atoms with Gasteiger partial charge in [0.25, 0.3) is 0 Å². The van der Waals surface area contributed by atoms with Gasteiger partial charge < -0.3 is 15.7 Å². The van der Waals surface area contributed by atoms with Crippen molar-refractivity contribution in [3.8, 4) is 5.75 Å². The zero-order valence-corrected chi connectivity index (χ0v) is 7.06. The number of anilines is 1. The van der Waals surface area contributed by atoms with Crippen molar-refractivity contribution in [2.24, 2.45) is 0 Å². The molecule has 1 heterocycles. The highest BCUT2D eigenvalue weighted by Gasteiger charge is 2.09. The average Bonchev–Trinajstić information content (AvgIpc) is 2.56. The maximum Gasteiger partial charge on any atom is 0.136 e. The number of hydrogen-bond donors (Lipinski definition) is 2. The van der Waals surface area contributed by atoms with E-state index < -0.39 is 0 Å². The largest absolute Gasteiger partial charge is 0.507 e. The summed E-state index contributed by atoms with van der Waals surface area (Å²) in [5.41, 5.74) is 6.80. The first-order valence-electron chi connectivity index (χ1n) is 3.73. The molecule has 3 N–H and O–H groups in total. The average molecular weight is 179 g/mol. The van der Waals surface area contributed by atoms with Crippen molar-refractivity contribution < 1.29 is 9.94 Å². The Morgan fingerprint density at radius 2 is 2.31 bits per heavy atom. The second kappa shape index (κ2) is 2.55. The van der Waals surface area contributed by atoms with Crippen molar-refractivity contribution in [1.82, 2.24) is 9.94 Å². The molecule has 0 aliphatic rings. The molecule has 0 saturated carbocycles. The van der Waals surface area contributed by atoms with E-state index in [0.717, 1.165) is 0 Å². The molecule has 2 rings (SSSR count). The maximum absolute atomic E-state index is 9.44. The molecule has 0 spiro atoms. The number of rotatable bonds is 1. The van der Waals surface area contributed by atoms with Crippen LogP contribution in [0, 0.1) is 0 Å². The molecule has 0 bridgehead atoms. The molecule has 0 atom stereocenters. The molecule has 0 fully saturated rings. The highest BCUT2D eigenvalue weighted by molar-refractivity contribution is 5.93. The fourth-order valence-corrected chi connectivity index (χ4v) is 1.26. The van der Waals surface area contributed by atoms with Gasteiger partial charge in [0.2, 0.25) is 0 Å². The van der Waals surface area contributed by atoms with Crippen LogP contribution in [0.4, 0.5) is 5.69 Å². The van der Waals surface area contributed by atoms with Crippen LogP contribution < -0.4 is 10.6 Å². The lowest BCUT2D eigenvalue weighted by molar-refractivity contribution is 0.145. The van der Waals surface area contributed by atoms with Crippen LogP contribution in [0.3, 0.4) is 0 Å². The van der Waals surface area contributed by atoms with Gasteiger partial charge in [-0.3, -0.25) is 0 Å². The van der Waals surface area contributed by atoms with Gasteiger partial charge in [-0.25, -0.2) is 0 Å². The first-order valence-corrected chi connectivity index (χ1v) is 3.73. The number of benzene rings is 1. The number of phenolic OH excluding ortho intramolecular Hbond substituents is 1. The molecule has 0 aliphatic heterocycles. The summed E-state index contributed by atoms with van der Waals surface area (Å²) in [4.78, 5) is 6.19. The van der Waals surface area contributed by atoms with E-state index >= 15 is 0 Å². The number of aromatic hydroxyl groups is 1. The van der Waals surface area contributed by atoms with Crippen LogP contribution in [0.15, 0.2) is 18.3 Å². The third kappa shape index (κ3) is 0.970. The summed E-state index contributed by atoms with van der Waals surface area (Å²) in [6.45, 7) is 0. The van der Waals surface area contributed by atoms with Crippen molar-refractivity contribution in [1.29, 1.82) is 0 Å². The van der Waals surface area contributed by atoms with E-state index in [4.69, 9.17) is 10.6 Å². The summed E-state index contributed by atoms with van der Waals surface area (Å²) in [7, 11) is 1.48. The predicted octanol–water partition coefficient (Wildman–Crippen LogP) is 0.382. The van der Waals surface area contributed by atoms with Crippen LogP contribution in [0.25, 0.3) is 10.9 Å². The Balaban J connectivity index is 2.87. The van der Waals surface area contributed by atoms with Gasteiger partial charge in [0.05, 0.1) is 17.3 Å². The Kier molecular flexibility index (Phi) is 1.51. The number of phenols is 1. The number of nitrogens with two attached hydrogens (primary N) is 1. The van der Waals surface area contributed by atoms with E-state index in [-0.39, 0.29) is 5.75 Å². The topological polar surface area (TPSA) is 73.3 Å². The van der Waals surface area contributed by atoms with E-state index in [1.54, 1.807) is 6.07 Å². The summed E-state index contributed by atoms with van der Waals surface area (Å²) in [5, 5.41) is 13.9. The molecule has 0 saturated heterocycles. The lowest BCUT2D eigenvalue weighted by Gasteiger charge is -2.02. The fourth-order valence-electron chi connectivity index (χ4n) is 1.26. The first-order chi connectivity index (χ1) is 6.24. The molecule has 5 heteroatoms. The monoisotopic (exact) mass is 179 g/mol. The third-order valence-corrected chi connectivity index (χ3v) is 1.88. The summed E-state index contributed by atoms with van der Waals surface area (Å²) < 4.78 is 0. The number of aromatic nitrogens is 2. The first kappa shape index (κ1) is 7.72. The minimum absolute atomic E-state index is 0.146. The van der Waals surface area contributed by atoms with Crippen molar-refractivity contribution >= 4 is 16.6 Å². The minimum Gasteiger partial charge on any atom is -0.507 e. The lowest BCUT2D eigenvalue weighted by atomic mass is 10.2. The van der Waals surface area contributed by atoms with Crippen molar-refractivity contribution in [3.63, 3.8) is 0 Å². The highest BCUT2D eigenvalue weighted by Crippen LogP contribution is 2.28. The molecule has 0 radical (unpaired) electrons. The second-order valence-corrected chi connectivity index (χ2v) is 2.64. The zero-order valence-electron chi connectivity index (χ0n) is 7.06. The number of fused-ring (bicyclic) bond motifs is 1. The predicted molar refractivity (Wildman–Crippen MR) is 48.3 cm³/mol. The van der Waals surface area contributed by atoms with Crippen molar-refractivity contribution in [2.45, 2.75) is 0 Å². The molecule has 0 aliphatic carbocycles. The van der Waals surface area contributed by atoms with E-state index in [0.29, 0.717) is 16.6 Å². The van der Waals surface area contributed by atoms with E-state index in [1.807, 2.05) is 0 Å². The van der Waals surface area contributed by atoms with Gasteiger partial charge in [-0.05, 0) is 12.1 Å². The Morgan fingerprint density at radius 1 is 1.54 bits per heavy atom. The van der Waals surface area contributed by atoms with Gasteiger partial charge in [-0.1, -0.05) is 4.85 Å². The van der Waals surface area contributed by atoms with Crippen molar-refractivity contribution in [2.75, 3.05) is 12.8 Å². The quantitative estimate of drug-likeness (QED) is 0.490. The molecule has 5 nitrogen and oxygen atoms in total. The van der Waals surface area contributed by atoms with Gasteiger partial charge in [-0.15, -0.1) is 5.10 Å². The highest BCUT2D eigenvalue weighted by atomic mass is 16.7. The SMILES string of the molecule is COn1ncc2c(O)ccc(N)c21. The van der Waals surface area contributed by atoms with E-state index in [2.05, 4.69) is 5.10 Å². The van der Waals surface area contributed by atoms with E-state index in [9.17, 15) is 5.11 Å². The number of nitrogen functional groups attached to an aromatic ring is 1. The summed E-state index contributed by atoms with van der Waals surface area (Å²) in [6, 6.07) is 3.13. The van der Waals surface area contributed by atoms with Crippen LogP contribution in [-0.4, -0.2) is 22.2 Å². The summed E-state index contributed by atoms with van der Waals surface area (Å²) in [5.74, 6) is 0.146. The van der Waals surface area contributed by atoms with Crippen LogP contribution in [0.1, 0.15) is 0 Å². The lowest BCUT2D eigenvalue weighted by Crippen LogP contribution is -2.07. The number of hydrogen-bond acceptors (Lipinski definition) is 4. The summed E-state index contributed by atoms with van der Waals surface area (Å²) >= 11 is 0. The molecule has 0 unspecified atom stereocenters.